The van der Waals surface area contributed by atoms with Crippen molar-refractivity contribution in [2.24, 2.45) is 5.73 Å². The molecule has 1 aliphatic rings. The number of benzene rings is 2. The zero-order valence-corrected chi connectivity index (χ0v) is 25.8. The molecule has 0 saturated carbocycles. The Labute approximate surface area is 271 Å². The number of ether oxygens (including phenoxy) is 2. The Bertz CT molecular complexity index is 1890. The molecule has 0 saturated heterocycles. The number of halogens is 4. The van der Waals surface area contributed by atoms with E-state index in [1.807, 2.05) is 6.92 Å². The summed E-state index contributed by atoms with van der Waals surface area (Å²) < 4.78 is 69.4. The molecule has 0 fully saturated rings. The molecule has 4 aromatic rings. The van der Waals surface area contributed by atoms with Gasteiger partial charge < -0.3 is 30.9 Å². The van der Waals surface area contributed by atoms with Crippen molar-refractivity contribution >= 4 is 28.6 Å². The number of primary amides is 1. The van der Waals surface area contributed by atoms with E-state index in [2.05, 4.69) is 20.6 Å². The van der Waals surface area contributed by atoms with Crippen LogP contribution in [0.15, 0.2) is 60.8 Å². The zero-order valence-electron chi connectivity index (χ0n) is 25.8. The van der Waals surface area contributed by atoms with Crippen molar-refractivity contribution in [3.63, 3.8) is 0 Å². The molecule has 2 atom stereocenters. The van der Waals surface area contributed by atoms with Gasteiger partial charge in [0.05, 0.1) is 12.2 Å². The highest BCUT2D eigenvalue weighted by atomic mass is 19.4. The number of pyridine rings is 2. The summed E-state index contributed by atoms with van der Waals surface area (Å²) in [5, 5.41) is 16.5. The van der Waals surface area contributed by atoms with Gasteiger partial charge in [0.2, 0.25) is 11.5 Å². The lowest BCUT2D eigenvalue weighted by atomic mass is 9.81. The van der Waals surface area contributed by atoms with E-state index >= 15 is 0 Å². The van der Waals surface area contributed by atoms with Crippen molar-refractivity contribution in [3.05, 3.63) is 83.4 Å². The molecule has 1 aliphatic heterocycles. The van der Waals surface area contributed by atoms with Crippen LogP contribution in [0.5, 0.6) is 11.5 Å². The van der Waals surface area contributed by atoms with E-state index in [-0.39, 0.29) is 40.5 Å². The number of nitrogens with two attached hydrogens (primary N) is 1. The van der Waals surface area contributed by atoms with Gasteiger partial charge in [0.15, 0.2) is 6.61 Å². The van der Waals surface area contributed by atoms with Crippen LogP contribution in [0.1, 0.15) is 41.9 Å². The first-order valence-electron chi connectivity index (χ1n) is 14.8. The molecule has 0 radical (unpaired) electrons. The summed E-state index contributed by atoms with van der Waals surface area (Å²) in [6.07, 6.45) is -3.24. The maximum Gasteiger partial charge on any atom is 0.424 e. The van der Waals surface area contributed by atoms with E-state index in [0.717, 1.165) is 18.2 Å². The van der Waals surface area contributed by atoms with Crippen molar-refractivity contribution in [1.82, 2.24) is 20.6 Å². The highest BCUT2D eigenvalue weighted by Gasteiger charge is 2.57. The number of nitrogens with one attached hydrogen (secondary N) is 2. The zero-order chi connectivity index (χ0) is 34.9. The standard InChI is InChI=1S/C33H31F4N5O6/c1-3-10-39-25(43)15-47-23-13-20(12-19-5-4-11-40-26(19)23)29(44)41-16-32(46,33(35,36)37)24-14-22-28(48-17-31(22,2)30(38)45)27(42-24)18-6-8-21(34)9-7-18/h4-9,11-14,46H,3,10,15-17H2,1-2H3,(H2,38,45)(H,39,43)(H,41,44)/t31-,32?/m0/s1. The minimum atomic E-state index is -5.41. The Morgan fingerprint density at radius 3 is 2.50 bits per heavy atom. The van der Waals surface area contributed by atoms with E-state index in [4.69, 9.17) is 15.2 Å². The summed E-state index contributed by atoms with van der Waals surface area (Å²) >= 11 is 0. The number of aromatic nitrogens is 2. The number of carbonyl (C=O) groups is 3. The van der Waals surface area contributed by atoms with E-state index < -0.39 is 59.6 Å². The molecular weight excluding hydrogens is 638 g/mol. The Balaban J connectivity index is 1.52. The Morgan fingerprint density at radius 2 is 1.83 bits per heavy atom. The summed E-state index contributed by atoms with van der Waals surface area (Å²) in [6.45, 7) is 1.54. The van der Waals surface area contributed by atoms with Crippen LogP contribution in [0.2, 0.25) is 0 Å². The number of amides is 3. The summed E-state index contributed by atoms with van der Waals surface area (Å²) in [6, 6.07) is 11.3. The van der Waals surface area contributed by atoms with Crippen molar-refractivity contribution in [3.8, 4) is 22.8 Å². The molecular formula is C33H31F4N5O6. The fourth-order valence-corrected chi connectivity index (χ4v) is 5.11. The number of aliphatic hydroxyl groups is 1. The smallest absolute Gasteiger partial charge is 0.424 e. The predicted octanol–water partition coefficient (Wildman–Crippen LogP) is 3.66. The molecule has 11 nitrogen and oxygen atoms in total. The first kappa shape index (κ1) is 34.0. The lowest BCUT2D eigenvalue weighted by Crippen LogP contribution is -2.51. The van der Waals surface area contributed by atoms with Crippen molar-refractivity contribution < 1.29 is 46.5 Å². The second-order valence-corrected chi connectivity index (χ2v) is 11.5. The molecule has 3 heterocycles. The molecule has 0 aliphatic carbocycles. The fourth-order valence-electron chi connectivity index (χ4n) is 5.11. The van der Waals surface area contributed by atoms with Crippen LogP contribution < -0.4 is 25.8 Å². The highest BCUT2D eigenvalue weighted by molar-refractivity contribution is 6.00. The molecule has 5 N–H and O–H groups in total. The molecule has 15 heteroatoms. The molecule has 0 bridgehead atoms. The molecule has 3 amide bonds. The normalized spacial score (nSPS) is 16.8. The highest BCUT2D eigenvalue weighted by Crippen LogP contribution is 2.47. The first-order valence-corrected chi connectivity index (χ1v) is 14.8. The molecule has 2 aromatic heterocycles. The molecule has 1 unspecified atom stereocenters. The van der Waals surface area contributed by atoms with E-state index in [0.29, 0.717) is 23.9 Å². The van der Waals surface area contributed by atoms with E-state index in [9.17, 15) is 37.1 Å². The van der Waals surface area contributed by atoms with Gasteiger partial charge in [-0.05, 0) is 61.9 Å². The third-order valence-electron chi connectivity index (χ3n) is 7.99. The SMILES string of the molecule is CCCNC(=O)COc1cc(C(=O)NCC(O)(c2cc3c(c(-c4ccc(F)cc4)n2)OC[C@]3(C)C(N)=O)C(F)(F)F)cc2cccnc12. The third-order valence-corrected chi connectivity index (χ3v) is 7.99. The monoisotopic (exact) mass is 669 g/mol. The molecule has 252 valence electrons. The first-order chi connectivity index (χ1) is 22.7. The summed E-state index contributed by atoms with van der Waals surface area (Å²) in [5.41, 5.74) is -0.715. The number of hydrogen-bond donors (Lipinski definition) is 4. The van der Waals surface area contributed by atoms with Gasteiger partial charge in [-0.1, -0.05) is 13.0 Å². The average Bonchev–Trinajstić information content (AvgIpc) is 3.41. The Kier molecular flexibility index (Phi) is 9.26. The second-order valence-electron chi connectivity index (χ2n) is 11.5. The molecule has 0 spiro atoms. The maximum absolute atomic E-state index is 14.8. The third kappa shape index (κ3) is 6.45. The van der Waals surface area contributed by atoms with Gasteiger partial charge in [-0.15, -0.1) is 0 Å². The number of fused-ring (bicyclic) bond motifs is 2. The average molecular weight is 670 g/mol. The van der Waals surface area contributed by atoms with Crippen LogP contribution >= 0.6 is 0 Å². The van der Waals surface area contributed by atoms with Gasteiger partial charge in [-0.2, -0.15) is 13.2 Å². The van der Waals surface area contributed by atoms with Crippen LogP contribution in [-0.4, -0.2) is 65.3 Å². The van der Waals surface area contributed by atoms with Crippen molar-refractivity contribution in [2.75, 3.05) is 26.3 Å². The second kappa shape index (κ2) is 13.1. The van der Waals surface area contributed by atoms with Gasteiger partial charge in [0.1, 0.15) is 40.5 Å². The van der Waals surface area contributed by atoms with Crippen LogP contribution in [-0.2, 0) is 20.6 Å². The number of rotatable bonds is 11. The lowest BCUT2D eigenvalue weighted by molar-refractivity contribution is -0.265. The van der Waals surface area contributed by atoms with Gasteiger partial charge in [0, 0.05) is 34.8 Å². The topological polar surface area (TPSA) is 166 Å². The van der Waals surface area contributed by atoms with Crippen LogP contribution in [0.3, 0.4) is 0 Å². The molecule has 48 heavy (non-hydrogen) atoms. The number of carbonyl (C=O) groups excluding carboxylic acids is 3. The Morgan fingerprint density at radius 1 is 1.10 bits per heavy atom. The minimum Gasteiger partial charge on any atom is -0.489 e. The van der Waals surface area contributed by atoms with Crippen molar-refractivity contribution in [1.29, 1.82) is 0 Å². The summed E-state index contributed by atoms with van der Waals surface area (Å²) in [5.74, 6) is -2.99. The quantitative estimate of drug-likeness (QED) is 0.176. The Hall–Kier alpha value is -5.31. The number of alkyl halides is 3. The number of hydrogen-bond acceptors (Lipinski definition) is 8. The lowest BCUT2D eigenvalue weighted by Gasteiger charge is -2.31. The van der Waals surface area contributed by atoms with E-state index in [1.165, 1.54) is 37.4 Å². The predicted molar refractivity (Wildman–Crippen MR) is 164 cm³/mol. The largest absolute Gasteiger partial charge is 0.489 e. The maximum atomic E-state index is 14.8. The van der Waals surface area contributed by atoms with Gasteiger partial charge >= 0.3 is 6.18 Å². The van der Waals surface area contributed by atoms with Gasteiger partial charge in [-0.3, -0.25) is 19.4 Å². The van der Waals surface area contributed by atoms with Gasteiger partial charge in [-0.25, -0.2) is 9.37 Å². The molecule has 2 aromatic carbocycles. The summed E-state index contributed by atoms with van der Waals surface area (Å²) in [7, 11) is 0. The summed E-state index contributed by atoms with van der Waals surface area (Å²) in [4.78, 5) is 46.2. The van der Waals surface area contributed by atoms with Crippen LogP contribution in [0.4, 0.5) is 17.6 Å². The minimum absolute atomic E-state index is 0.0333. The van der Waals surface area contributed by atoms with Crippen LogP contribution in [0.25, 0.3) is 22.2 Å². The van der Waals surface area contributed by atoms with Gasteiger partial charge in [0.25, 0.3) is 11.8 Å². The van der Waals surface area contributed by atoms with E-state index in [1.54, 1.807) is 12.1 Å². The molecule has 5 rings (SSSR count). The van der Waals surface area contributed by atoms with Crippen LogP contribution in [0, 0.1) is 5.82 Å². The fraction of sp³-hybridized carbons (Fsp3) is 0.303. The number of nitrogens with zero attached hydrogens (tertiary/aromatic N) is 2. The van der Waals surface area contributed by atoms with Crippen molar-refractivity contribution in [2.45, 2.75) is 37.5 Å².